The Morgan fingerprint density at radius 3 is 2.69 bits per heavy atom. The summed E-state index contributed by atoms with van der Waals surface area (Å²) in [6, 6.07) is 12.0. The molecule has 45 heavy (non-hydrogen) atoms. The van der Waals surface area contributed by atoms with E-state index in [1.165, 1.54) is 18.2 Å². The van der Waals surface area contributed by atoms with E-state index in [-0.39, 0.29) is 23.9 Å². The maximum absolute atomic E-state index is 13.3. The normalized spacial score (nSPS) is 32.4. The molecule has 1 spiro atoms. The van der Waals surface area contributed by atoms with Gasteiger partial charge in [-0.2, -0.15) is 0 Å². The van der Waals surface area contributed by atoms with Crippen molar-refractivity contribution < 1.29 is 24.1 Å². The first-order chi connectivity index (χ1) is 21.6. The van der Waals surface area contributed by atoms with Crippen LogP contribution in [-0.2, 0) is 31.7 Å². The van der Waals surface area contributed by atoms with Gasteiger partial charge in [0.05, 0.1) is 25.5 Å². The fourth-order valence-electron chi connectivity index (χ4n) is 8.12. The van der Waals surface area contributed by atoms with Crippen molar-refractivity contribution in [1.29, 1.82) is 0 Å². The van der Waals surface area contributed by atoms with Gasteiger partial charge in [-0.25, -0.2) is 4.79 Å². The molecule has 2 heterocycles. The lowest BCUT2D eigenvalue weighted by atomic mass is 9.68. The number of halogens is 1. The fraction of sp³-hybridized carbons (Fsp3) is 0.541. The third kappa shape index (κ3) is 5.99. The van der Waals surface area contributed by atoms with E-state index in [0.29, 0.717) is 36.2 Å². The fourth-order valence-corrected chi connectivity index (χ4v) is 8.31. The Morgan fingerprint density at radius 1 is 1.13 bits per heavy atom. The van der Waals surface area contributed by atoms with Gasteiger partial charge < -0.3 is 29.1 Å². The van der Waals surface area contributed by atoms with Gasteiger partial charge in [0.15, 0.2) is 5.60 Å². The highest BCUT2D eigenvalue weighted by molar-refractivity contribution is 6.30. The van der Waals surface area contributed by atoms with Crippen LogP contribution in [-0.4, -0.2) is 69.6 Å². The van der Waals surface area contributed by atoms with Gasteiger partial charge in [-0.15, -0.1) is 0 Å². The van der Waals surface area contributed by atoms with Crippen LogP contribution < -0.4 is 9.64 Å². The molecule has 242 valence electrons. The van der Waals surface area contributed by atoms with Crippen LogP contribution >= 0.6 is 11.6 Å². The Kier molecular flexibility index (Phi) is 8.99. The summed E-state index contributed by atoms with van der Waals surface area (Å²) in [7, 11) is 5.08. The largest absolute Gasteiger partial charge is 0.490 e. The maximum atomic E-state index is 13.3. The van der Waals surface area contributed by atoms with E-state index in [4.69, 9.17) is 25.8 Å². The standard InChI is InChI=1S/C37H47ClN2O5/c1-24-8-14-33(43-4)30-12-9-27(30)21-40-22-36(16-6-7-26-17-29(38)11-13-31(26)36)23-45-34-15-10-28(18-32(34)40)37(42,35(41)44-5)19-25(2)39(3)20-24/h8,10-11,13-15,17-18,24,27,30,33,42H,2,6-7,9,12,16,19-23H2,1,3-5H3/b14-8+/t24-,27+,30-,33+,36+,37-/m1/s1. The quantitative estimate of drug-likeness (QED) is 0.309. The Bertz CT molecular complexity index is 1480. The van der Waals surface area contributed by atoms with E-state index in [9.17, 15) is 9.90 Å². The number of esters is 1. The Balaban J connectivity index is 1.47. The van der Waals surface area contributed by atoms with E-state index in [2.05, 4.69) is 42.7 Å². The number of aryl methyl sites for hydroxylation is 1. The SMILES string of the molecule is C=C1C[C@](O)(C(=O)OC)c2ccc3c(c2)N(C[C@@H]2CC[C@H]2[C@@H](OC)/C=C/[C@@H](C)CN1C)C[C@@]1(CCCc2cc(Cl)ccc21)CO3. The van der Waals surface area contributed by atoms with Crippen molar-refractivity contribution in [2.75, 3.05) is 52.4 Å². The van der Waals surface area contributed by atoms with Gasteiger partial charge in [0.2, 0.25) is 0 Å². The van der Waals surface area contributed by atoms with Crippen LogP contribution in [0.15, 0.2) is 60.8 Å². The van der Waals surface area contributed by atoms with Crippen LogP contribution in [0, 0.1) is 17.8 Å². The number of nitrogens with zero attached hydrogens (tertiary/aromatic N) is 2. The lowest BCUT2D eigenvalue weighted by Gasteiger charge is -2.46. The van der Waals surface area contributed by atoms with Crippen molar-refractivity contribution in [3.8, 4) is 5.75 Å². The second kappa shape index (κ2) is 12.7. The number of anilines is 1. The van der Waals surface area contributed by atoms with Crippen molar-refractivity contribution in [3.63, 3.8) is 0 Å². The summed E-state index contributed by atoms with van der Waals surface area (Å²) in [5.41, 5.74) is 2.49. The number of ether oxygens (including phenoxy) is 3. The summed E-state index contributed by atoms with van der Waals surface area (Å²) >= 11 is 6.45. The zero-order valence-corrected chi connectivity index (χ0v) is 27.8. The molecule has 2 aliphatic heterocycles. The van der Waals surface area contributed by atoms with Gasteiger partial charge >= 0.3 is 5.97 Å². The molecule has 0 radical (unpaired) electrons. The van der Waals surface area contributed by atoms with Gasteiger partial charge in [-0.1, -0.05) is 49.4 Å². The molecule has 1 fully saturated rings. The van der Waals surface area contributed by atoms with Crippen molar-refractivity contribution in [2.45, 2.75) is 62.6 Å². The van der Waals surface area contributed by atoms with E-state index in [0.717, 1.165) is 61.7 Å². The highest BCUT2D eigenvalue weighted by Crippen LogP contribution is 2.48. The number of carbonyl (C=O) groups excluding carboxylic acids is 1. The van der Waals surface area contributed by atoms with Crippen LogP contribution in [0.25, 0.3) is 0 Å². The molecule has 0 unspecified atom stereocenters. The number of carbonyl (C=O) groups is 1. The van der Waals surface area contributed by atoms with E-state index in [1.807, 2.05) is 37.3 Å². The number of hydrogen-bond donors (Lipinski definition) is 1. The van der Waals surface area contributed by atoms with Gasteiger partial charge in [0, 0.05) is 56.3 Å². The van der Waals surface area contributed by atoms with Gasteiger partial charge in [-0.05, 0) is 90.8 Å². The topological polar surface area (TPSA) is 71.5 Å². The second-order valence-electron chi connectivity index (χ2n) is 13.8. The molecule has 1 N–H and O–H groups in total. The highest BCUT2D eigenvalue weighted by atomic mass is 35.5. The third-order valence-corrected chi connectivity index (χ3v) is 11.1. The maximum Gasteiger partial charge on any atom is 0.342 e. The monoisotopic (exact) mass is 634 g/mol. The van der Waals surface area contributed by atoms with Crippen molar-refractivity contribution in [1.82, 2.24) is 4.90 Å². The van der Waals surface area contributed by atoms with Gasteiger partial charge in [0.1, 0.15) is 5.75 Å². The summed E-state index contributed by atoms with van der Waals surface area (Å²) in [6.45, 7) is 9.26. The van der Waals surface area contributed by atoms with Crippen molar-refractivity contribution in [2.24, 2.45) is 17.8 Å². The van der Waals surface area contributed by atoms with Gasteiger partial charge in [0.25, 0.3) is 0 Å². The molecule has 4 aliphatic rings. The second-order valence-corrected chi connectivity index (χ2v) is 14.3. The molecule has 6 rings (SSSR count). The minimum atomic E-state index is -1.91. The molecular weight excluding hydrogens is 588 g/mol. The first-order valence-electron chi connectivity index (χ1n) is 16.3. The molecule has 6 atom stereocenters. The van der Waals surface area contributed by atoms with E-state index >= 15 is 0 Å². The molecule has 1 saturated carbocycles. The summed E-state index contributed by atoms with van der Waals surface area (Å²) in [6.07, 6.45) is 9.81. The molecular formula is C37H47ClN2O5. The summed E-state index contributed by atoms with van der Waals surface area (Å²) in [4.78, 5) is 17.8. The van der Waals surface area contributed by atoms with Crippen molar-refractivity contribution in [3.05, 3.63) is 82.5 Å². The lowest BCUT2D eigenvalue weighted by molar-refractivity contribution is -0.163. The first kappa shape index (κ1) is 32.0. The molecule has 8 heteroatoms. The zero-order valence-electron chi connectivity index (χ0n) is 27.1. The summed E-state index contributed by atoms with van der Waals surface area (Å²) < 4.78 is 18.0. The third-order valence-electron chi connectivity index (χ3n) is 10.9. The average molecular weight is 635 g/mol. The molecule has 0 aromatic heterocycles. The Labute approximate surface area is 272 Å². The lowest BCUT2D eigenvalue weighted by Crippen LogP contribution is -2.49. The van der Waals surface area contributed by atoms with E-state index < -0.39 is 11.6 Å². The number of methoxy groups -OCH3 is 2. The molecule has 7 nitrogen and oxygen atoms in total. The number of fused-ring (bicyclic) bond motifs is 4. The van der Waals surface area contributed by atoms with Crippen molar-refractivity contribution >= 4 is 23.3 Å². The first-order valence-corrected chi connectivity index (χ1v) is 16.7. The number of benzene rings is 2. The number of rotatable bonds is 2. The molecule has 0 amide bonds. The summed E-state index contributed by atoms with van der Waals surface area (Å²) in [5.74, 6) is 1.09. The minimum Gasteiger partial charge on any atom is -0.490 e. The Hall–Kier alpha value is -3.00. The molecule has 0 saturated heterocycles. The molecule has 2 aromatic rings. The Morgan fingerprint density at radius 2 is 1.96 bits per heavy atom. The predicted molar refractivity (Wildman–Crippen MR) is 178 cm³/mol. The number of aliphatic hydroxyl groups is 1. The number of hydrogen-bond acceptors (Lipinski definition) is 7. The predicted octanol–water partition coefficient (Wildman–Crippen LogP) is 6.26. The molecule has 2 bridgehead atoms. The minimum absolute atomic E-state index is 0.00964. The van der Waals surface area contributed by atoms with Crippen LogP contribution in [0.5, 0.6) is 5.75 Å². The highest BCUT2D eigenvalue weighted by Gasteiger charge is 2.46. The van der Waals surface area contributed by atoms with Crippen LogP contribution in [0.4, 0.5) is 5.69 Å². The van der Waals surface area contributed by atoms with E-state index in [1.54, 1.807) is 6.07 Å². The summed E-state index contributed by atoms with van der Waals surface area (Å²) in [5, 5.41) is 12.9. The molecule has 2 aliphatic carbocycles. The van der Waals surface area contributed by atoms with Crippen LogP contribution in [0.1, 0.15) is 55.7 Å². The average Bonchev–Trinajstić information content (AvgIpc) is 3.16. The van der Waals surface area contributed by atoms with Gasteiger partial charge in [-0.3, -0.25) is 0 Å². The molecule has 2 aromatic carbocycles. The van der Waals surface area contributed by atoms with Crippen LogP contribution in [0.3, 0.4) is 0 Å². The smallest absolute Gasteiger partial charge is 0.342 e. The van der Waals surface area contributed by atoms with Crippen LogP contribution in [0.2, 0.25) is 5.02 Å². The zero-order chi connectivity index (χ0) is 31.9.